The van der Waals surface area contributed by atoms with E-state index in [0.29, 0.717) is 16.2 Å². The quantitative estimate of drug-likeness (QED) is 0.596. The highest BCUT2D eigenvalue weighted by atomic mass is 32.2. The van der Waals surface area contributed by atoms with E-state index < -0.39 is 0 Å². The van der Waals surface area contributed by atoms with E-state index in [-0.39, 0.29) is 30.1 Å². The number of hydrogen-bond acceptors (Lipinski definition) is 6. The molecule has 1 aromatic heterocycles. The second-order valence-electron chi connectivity index (χ2n) is 6.78. The first-order valence-corrected chi connectivity index (χ1v) is 10.4. The van der Waals surface area contributed by atoms with Crippen LogP contribution in [-0.2, 0) is 4.79 Å². The molecule has 3 aromatic rings. The lowest BCUT2D eigenvalue weighted by Crippen LogP contribution is -2.37. The monoisotopic (exact) mass is 433 g/mol. The number of rotatable bonds is 6. The Hall–Kier alpha value is -3.65. The van der Waals surface area contributed by atoms with Gasteiger partial charge < -0.3 is 10.1 Å². The van der Waals surface area contributed by atoms with E-state index in [4.69, 9.17) is 4.74 Å². The summed E-state index contributed by atoms with van der Waals surface area (Å²) in [4.78, 5) is 43.0. The summed E-state index contributed by atoms with van der Waals surface area (Å²) in [6.07, 6.45) is 4.89. The summed E-state index contributed by atoms with van der Waals surface area (Å²) in [5, 5.41) is 4.29. The van der Waals surface area contributed by atoms with Crippen molar-refractivity contribution in [3.8, 4) is 5.75 Å². The van der Waals surface area contributed by atoms with Gasteiger partial charge >= 0.3 is 0 Å². The number of hydrogen-bond donors (Lipinski definition) is 1. The summed E-state index contributed by atoms with van der Waals surface area (Å²) >= 11 is 0.877. The molecule has 1 saturated heterocycles. The van der Waals surface area contributed by atoms with Crippen molar-refractivity contribution in [2.45, 2.75) is 0 Å². The van der Waals surface area contributed by atoms with Crippen LogP contribution in [0.25, 0.3) is 16.8 Å². The SMILES string of the molecule is COc1cc2ccccc2cc1C(=O)NCCN1C(=O)SC(=Cc2cccnc2)C1=O. The van der Waals surface area contributed by atoms with Gasteiger partial charge in [0.15, 0.2) is 0 Å². The lowest BCUT2D eigenvalue weighted by atomic mass is 10.1. The Morgan fingerprint density at radius 3 is 2.65 bits per heavy atom. The fourth-order valence-corrected chi connectivity index (χ4v) is 4.11. The number of ether oxygens (including phenoxy) is 1. The molecule has 0 radical (unpaired) electrons. The number of benzene rings is 2. The zero-order chi connectivity index (χ0) is 21.8. The molecule has 0 unspecified atom stereocenters. The summed E-state index contributed by atoms with van der Waals surface area (Å²) < 4.78 is 5.36. The molecule has 2 heterocycles. The van der Waals surface area contributed by atoms with Gasteiger partial charge in [0.1, 0.15) is 5.75 Å². The van der Waals surface area contributed by atoms with E-state index in [0.717, 1.165) is 33.0 Å². The van der Waals surface area contributed by atoms with Crippen LogP contribution in [0.5, 0.6) is 5.75 Å². The zero-order valence-corrected chi connectivity index (χ0v) is 17.5. The molecule has 0 saturated carbocycles. The normalized spacial score (nSPS) is 15.0. The van der Waals surface area contributed by atoms with Crippen molar-refractivity contribution in [3.63, 3.8) is 0 Å². The number of pyridine rings is 1. The van der Waals surface area contributed by atoms with Crippen LogP contribution in [0.15, 0.2) is 65.8 Å². The Balaban J connectivity index is 1.42. The lowest BCUT2D eigenvalue weighted by molar-refractivity contribution is -0.122. The molecule has 8 heteroatoms. The fraction of sp³-hybridized carbons (Fsp3) is 0.130. The van der Waals surface area contributed by atoms with Gasteiger partial charge in [0.05, 0.1) is 17.6 Å². The maximum absolute atomic E-state index is 12.7. The highest BCUT2D eigenvalue weighted by Crippen LogP contribution is 2.32. The first-order chi connectivity index (χ1) is 15.1. The number of fused-ring (bicyclic) bond motifs is 1. The first kappa shape index (κ1) is 20.6. The fourth-order valence-electron chi connectivity index (χ4n) is 3.25. The van der Waals surface area contributed by atoms with Gasteiger partial charge in [-0.3, -0.25) is 24.3 Å². The standard InChI is InChI=1S/C23H19N3O4S/c1-30-19-13-17-7-3-2-6-16(17)12-18(19)21(27)25-9-10-26-22(28)20(31-23(26)29)11-15-5-4-8-24-14-15/h2-8,11-14H,9-10H2,1H3,(H,25,27). The number of methoxy groups -OCH3 is 1. The van der Waals surface area contributed by atoms with Gasteiger partial charge in [-0.1, -0.05) is 30.3 Å². The second kappa shape index (κ2) is 9.01. The highest BCUT2D eigenvalue weighted by molar-refractivity contribution is 8.18. The van der Waals surface area contributed by atoms with Crippen molar-refractivity contribution in [2.75, 3.05) is 20.2 Å². The third-order valence-corrected chi connectivity index (χ3v) is 5.70. The van der Waals surface area contributed by atoms with Gasteiger partial charge in [-0.05, 0) is 52.4 Å². The summed E-state index contributed by atoms with van der Waals surface area (Å²) in [5.74, 6) is -0.251. The molecule has 2 aromatic carbocycles. The van der Waals surface area contributed by atoms with Gasteiger partial charge in [-0.15, -0.1) is 0 Å². The van der Waals surface area contributed by atoms with Crippen LogP contribution in [0.4, 0.5) is 4.79 Å². The minimum absolute atomic E-state index is 0.0800. The van der Waals surface area contributed by atoms with Crippen molar-refractivity contribution in [3.05, 3.63) is 77.0 Å². The molecule has 31 heavy (non-hydrogen) atoms. The Kier molecular flexibility index (Phi) is 5.99. The van der Waals surface area contributed by atoms with Crippen molar-refractivity contribution < 1.29 is 19.1 Å². The van der Waals surface area contributed by atoms with E-state index in [1.54, 1.807) is 36.7 Å². The second-order valence-corrected chi connectivity index (χ2v) is 7.77. The Morgan fingerprint density at radius 1 is 1.16 bits per heavy atom. The Bertz CT molecular complexity index is 1190. The molecular formula is C23H19N3O4S. The van der Waals surface area contributed by atoms with Crippen LogP contribution in [0.2, 0.25) is 0 Å². The molecule has 7 nitrogen and oxygen atoms in total. The molecule has 0 spiro atoms. The van der Waals surface area contributed by atoms with Crippen molar-refractivity contribution >= 4 is 45.7 Å². The van der Waals surface area contributed by atoms with E-state index in [1.165, 1.54) is 7.11 Å². The van der Waals surface area contributed by atoms with Crippen molar-refractivity contribution in [1.29, 1.82) is 0 Å². The van der Waals surface area contributed by atoms with E-state index in [9.17, 15) is 14.4 Å². The maximum Gasteiger partial charge on any atom is 0.293 e. The van der Waals surface area contributed by atoms with Crippen LogP contribution in [0.3, 0.4) is 0 Å². The Labute approximate surface area is 183 Å². The number of carbonyl (C=O) groups is 3. The predicted molar refractivity (Wildman–Crippen MR) is 120 cm³/mol. The topological polar surface area (TPSA) is 88.6 Å². The smallest absolute Gasteiger partial charge is 0.293 e. The van der Waals surface area contributed by atoms with Gasteiger partial charge in [0.2, 0.25) is 0 Å². The average Bonchev–Trinajstić information content (AvgIpc) is 3.06. The molecule has 1 aliphatic heterocycles. The van der Waals surface area contributed by atoms with E-state index in [1.807, 2.05) is 30.3 Å². The summed E-state index contributed by atoms with van der Waals surface area (Å²) in [7, 11) is 1.51. The van der Waals surface area contributed by atoms with Gasteiger partial charge in [0.25, 0.3) is 17.1 Å². The number of aromatic nitrogens is 1. The zero-order valence-electron chi connectivity index (χ0n) is 16.7. The molecule has 1 fully saturated rings. The van der Waals surface area contributed by atoms with E-state index in [2.05, 4.69) is 10.3 Å². The van der Waals surface area contributed by atoms with Crippen LogP contribution in [0.1, 0.15) is 15.9 Å². The van der Waals surface area contributed by atoms with E-state index >= 15 is 0 Å². The number of thioether (sulfide) groups is 1. The highest BCUT2D eigenvalue weighted by Gasteiger charge is 2.34. The summed E-state index contributed by atoms with van der Waals surface area (Å²) in [6.45, 7) is 0.212. The van der Waals surface area contributed by atoms with Crippen LogP contribution >= 0.6 is 11.8 Å². The number of imide groups is 1. The molecule has 156 valence electrons. The summed E-state index contributed by atoms with van der Waals surface area (Å²) in [5.41, 5.74) is 1.14. The van der Waals surface area contributed by atoms with Gasteiger partial charge in [-0.2, -0.15) is 0 Å². The lowest BCUT2D eigenvalue weighted by Gasteiger charge is -2.14. The Morgan fingerprint density at radius 2 is 1.94 bits per heavy atom. The minimum atomic E-state index is -0.378. The van der Waals surface area contributed by atoms with Crippen molar-refractivity contribution in [2.24, 2.45) is 0 Å². The predicted octanol–water partition coefficient (Wildman–Crippen LogP) is 3.71. The molecule has 1 N–H and O–H groups in total. The molecule has 3 amide bonds. The molecule has 0 bridgehead atoms. The van der Waals surface area contributed by atoms with Gasteiger partial charge in [0, 0.05) is 25.5 Å². The van der Waals surface area contributed by atoms with Crippen LogP contribution < -0.4 is 10.1 Å². The third-order valence-electron chi connectivity index (χ3n) is 4.79. The summed E-state index contributed by atoms with van der Waals surface area (Å²) in [6, 6.07) is 14.8. The molecule has 1 aliphatic rings. The van der Waals surface area contributed by atoms with Crippen LogP contribution in [0, 0.1) is 0 Å². The molecular weight excluding hydrogens is 414 g/mol. The third kappa shape index (κ3) is 4.44. The molecule has 0 aliphatic carbocycles. The molecule has 0 atom stereocenters. The number of carbonyl (C=O) groups excluding carboxylic acids is 3. The first-order valence-electron chi connectivity index (χ1n) is 9.57. The largest absolute Gasteiger partial charge is 0.496 e. The van der Waals surface area contributed by atoms with Crippen molar-refractivity contribution in [1.82, 2.24) is 15.2 Å². The van der Waals surface area contributed by atoms with Gasteiger partial charge in [-0.25, -0.2) is 0 Å². The molecule has 4 rings (SSSR count). The number of amides is 3. The minimum Gasteiger partial charge on any atom is -0.496 e. The number of nitrogens with zero attached hydrogens (tertiary/aromatic N) is 2. The number of nitrogens with one attached hydrogen (secondary N) is 1. The maximum atomic E-state index is 12.7. The average molecular weight is 433 g/mol. The van der Waals surface area contributed by atoms with Crippen LogP contribution in [-0.4, -0.2) is 47.1 Å².